The van der Waals surface area contributed by atoms with E-state index in [-0.39, 0.29) is 0 Å². The van der Waals surface area contributed by atoms with Gasteiger partial charge in [0.15, 0.2) is 0 Å². The lowest BCUT2D eigenvalue weighted by Gasteiger charge is -2.06. The minimum absolute atomic E-state index is 0.853. The molecule has 14 heavy (non-hydrogen) atoms. The number of nitrogens with zero attached hydrogens (tertiary/aromatic N) is 1. The summed E-state index contributed by atoms with van der Waals surface area (Å²) in [5, 5.41) is 0. The van der Waals surface area contributed by atoms with Gasteiger partial charge in [0.1, 0.15) is 5.75 Å². The Bertz CT molecular complexity index is 412. The van der Waals surface area contributed by atoms with Crippen LogP contribution in [0, 0.1) is 0 Å². The average molecular weight is 185 g/mol. The second-order valence-electron chi connectivity index (χ2n) is 2.94. The van der Waals surface area contributed by atoms with Crippen LogP contribution in [0.15, 0.2) is 48.8 Å². The minimum atomic E-state index is 0.853. The van der Waals surface area contributed by atoms with Gasteiger partial charge in [0.05, 0.1) is 7.11 Å². The van der Waals surface area contributed by atoms with Crippen LogP contribution in [0.2, 0.25) is 0 Å². The maximum atomic E-state index is 5.26. The fourth-order valence-electron chi connectivity index (χ4n) is 1.39. The molecular weight excluding hydrogens is 174 g/mol. The van der Waals surface area contributed by atoms with Crippen molar-refractivity contribution in [3.8, 4) is 16.9 Å². The third kappa shape index (κ3) is 1.59. The van der Waals surface area contributed by atoms with Gasteiger partial charge in [0.2, 0.25) is 0 Å². The number of benzene rings is 1. The smallest absolute Gasteiger partial charge is 0.129 e. The Morgan fingerprint density at radius 3 is 2.57 bits per heavy atom. The van der Waals surface area contributed by atoms with E-state index in [0.717, 1.165) is 16.9 Å². The van der Waals surface area contributed by atoms with Crippen LogP contribution in [0.5, 0.6) is 5.75 Å². The van der Waals surface area contributed by atoms with E-state index in [0.29, 0.717) is 0 Å². The third-order valence-electron chi connectivity index (χ3n) is 2.09. The van der Waals surface area contributed by atoms with Crippen molar-refractivity contribution < 1.29 is 4.74 Å². The van der Waals surface area contributed by atoms with Crippen molar-refractivity contribution in [1.29, 1.82) is 0 Å². The molecule has 0 unspecified atom stereocenters. The molecule has 2 aromatic rings. The first-order valence-corrected chi connectivity index (χ1v) is 4.45. The molecule has 0 N–H and O–H groups in total. The van der Waals surface area contributed by atoms with E-state index in [9.17, 15) is 0 Å². The van der Waals surface area contributed by atoms with E-state index in [2.05, 4.69) is 4.98 Å². The first-order valence-electron chi connectivity index (χ1n) is 4.45. The standard InChI is InChI=1S/C12H11NO/c1-14-12-7-8-13-9-11(12)10-5-3-2-4-6-10/h2-9H,1H3. The Balaban J connectivity index is 2.51. The molecule has 2 heteroatoms. The molecule has 0 aliphatic rings. The van der Waals surface area contributed by atoms with Gasteiger partial charge in [-0.1, -0.05) is 30.3 Å². The summed E-state index contributed by atoms with van der Waals surface area (Å²) in [5.74, 6) is 0.853. The van der Waals surface area contributed by atoms with Crippen molar-refractivity contribution >= 4 is 0 Å². The maximum absolute atomic E-state index is 5.26. The summed E-state index contributed by atoms with van der Waals surface area (Å²) in [7, 11) is 1.67. The maximum Gasteiger partial charge on any atom is 0.129 e. The zero-order valence-corrected chi connectivity index (χ0v) is 7.97. The molecule has 2 nitrogen and oxygen atoms in total. The van der Waals surface area contributed by atoms with E-state index in [4.69, 9.17) is 4.74 Å². The molecule has 0 saturated heterocycles. The van der Waals surface area contributed by atoms with Crippen molar-refractivity contribution in [3.63, 3.8) is 0 Å². The topological polar surface area (TPSA) is 22.1 Å². The molecule has 0 amide bonds. The van der Waals surface area contributed by atoms with Gasteiger partial charge in [-0.3, -0.25) is 4.98 Å². The molecule has 1 heterocycles. The molecule has 0 saturated carbocycles. The normalized spacial score (nSPS) is 9.79. The molecule has 1 aromatic heterocycles. The predicted octanol–water partition coefficient (Wildman–Crippen LogP) is 2.76. The third-order valence-corrected chi connectivity index (χ3v) is 2.09. The Labute approximate surface area is 83.2 Å². The highest BCUT2D eigenvalue weighted by molar-refractivity contribution is 5.69. The van der Waals surface area contributed by atoms with E-state index in [1.54, 1.807) is 13.3 Å². The van der Waals surface area contributed by atoms with Crippen molar-refractivity contribution in [1.82, 2.24) is 4.98 Å². The van der Waals surface area contributed by atoms with Crippen LogP contribution >= 0.6 is 0 Å². The summed E-state index contributed by atoms with van der Waals surface area (Å²) in [4.78, 5) is 4.09. The molecule has 1 aromatic carbocycles. The summed E-state index contributed by atoms with van der Waals surface area (Å²) in [6.07, 6.45) is 3.54. The van der Waals surface area contributed by atoms with Gasteiger partial charge in [-0.15, -0.1) is 0 Å². The molecule has 0 atom stereocenters. The summed E-state index contributed by atoms with van der Waals surface area (Å²) >= 11 is 0. The number of aromatic nitrogens is 1. The summed E-state index contributed by atoms with van der Waals surface area (Å²) in [6, 6.07) is 11.9. The zero-order chi connectivity index (χ0) is 9.80. The van der Waals surface area contributed by atoms with Crippen molar-refractivity contribution in [2.45, 2.75) is 0 Å². The Morgan fingerprint density at radius 1 is 1.07 bits per heavy atom. The van der Waals surface area contributed by atoms with Gasteiger partial charge < -0.3 is 4.74 Å². The fourth-order valence-corrected chi connectivity index (χ4v) is 1.39. The largest absolute Gasteiger partial charge is 0.496 e. The van der Waals surface area contributed by atoms with Gasteiger partial charge in [-0.2, -0.15) is 0 Å². The van der Waals surface area contributed by atoms with Crippen LogP contribution in [-0.2, 0) is 0 Å². The van der Waals surface area contributed by atoms with E-state index < -0.39 is 0 Å². The van der Waals surface area contributed by atoms with Crippen LogP contribution in [0.25, 0.3) is 11.1 Å². The highest BCUT2D eigenvalue weighted by atomic mass is 16.5. The van der Waals surface area contributed by atoms with Gasteiger partial charge in [0, 0.05) is 18.0 Å². The van der Waals surface area contributed by atoms with Crippen LogP contribution in [0.3, 0.4) is 0 Å². The zero-order valence-electron chi connectivity index (χ0n) is 7.97. The Hall–Kier alpha value is -1.83. The summed E-state index contributed by atoms with van der Waals surface area (Å²) in [5.41, 5.74) is 2.15. The van der Waals surface area contributed by atoms with Crippen LogP contribution in [0.4, 0.5) is 0 Å². The summed E-state index contributed by atoms with van der Waals surface area (Å²) < 4.78 is 5.26. The summed E-state index contributed by atoms with van der Waals surface area (Å²) in [6.45, 7) is 0. The van der Waals surface area contributed by atoms with Crippen LogP contribution in [-0.4, -0.2) is 12.1 Å². The molecule has 0 radical (unpaired) electrons. The number of hydrogen-bond donors (Lipinski definition) is 0. The van der Waals surface area contributed by atoms with Gasteiger partial charge in [0.25, 0.3) is 0 Å². The average Bonchev–Trinajstić information content (AvgIpc) is 2.30. The second-order valence-corrected chi connectivity index (χ2v) is 2.94. The number of pyridine rings is 1. The van der Waals surface area contributed by atoms with E-state index in [1.807, 2.05) is 42.6 Å². The SMILES string of the molecule is COc1ccncc1-c1ccccc1. The Morgan fingerprint density at radius 2 is 1.86 bits per heavy atom. The van der Waals surface area contributed by atoms with E-state index >= 15 is 0 Å². The first kappa shape index (κ1) is 8.75. The molecule has 0 fully saturated rings. The predicted molar refractivity (Wildman–Crippen MR) is 56.2 cm³/mol. The number of rotatable bonds is 2. The van der Waals surface area contributed by atoms with Gasteiger partial charge in [-0.05, 0) is 11.6 Å². The fraction of sp³-hybridized carbons (Fsp3) is 0.0833. The van der Waals surface area contributed by atoms with E-state index in [1.165, 1.54) is 0 Å². The van der Waals surface area contributed by atoms with Crippen molar-refractivity contribution in [2.24, 2.45) is 0 Å². The second kappa shape index (κ2) is 3.92. The van der Waals surface area contributed by atoms with Crippen molar-refractivity contribution in [2.75, 3.05) is 7.11 Å². The van der Waals surface area contributed by atoms with Crippen LogP contribution < -0.4 is 4.74 Å². The molecule has 0 spiro atoms. The molecular formula is C12H11NO. The number of ether oxygens (including phenoxy) is 1. The minimum Gasteiger partial charge on any atom is -0.496 e. The lowest BCUT2D eigenvalue weighted by molar-refractivity contribution is 0.416. The molecule has 70 valence electrons. The molecule has 0 bridgehead atoms. The highest BCUT2D eigenvalue weighted by Gasteiger charge is 2.03. The van der Waals surface area contributed by atoms with Crippen LogP contribution in [0.1, 0.15) is 0 Å². The molecule has 2 rings (SSSR count). The molecule has 0 aliphatic carbocycles. The monoisotopic (exact) mass is 185 g/mol. The van der Waals surface area contributed by atoms with Gasteiger partial charge in [-0.25, -0.2) is 0 Å². The Kier molecular flexibility index (Phi) is 2.45. The molecule has 0 aliphatic heterocycles. The van der Waals surface area contributed by atoms with Gasteiger partial charge >= 0.3 is 0 Å². The number of hydrogen-bond acceptors (Lipinski definition) is 2. The highest BCUT2D eigenvalue weighted by Crippen LogP contribution is 2.27. The quantitative estimate of drug-likeness (QED) is 0.717. The lowest BCUT2D eigenvalue weighted by atomic mass is 10.1. The van der Waals surface area contributed by atoms with Crippen molar-refractivity contribution in [3.05, 3.63) is 48.8 Å². The first-order chi connectivity index (χ1) is 6.92. The lowest BCUT2D eigenvalue weighted by Crippen LogP contribution is -1.88. The number of methoxy groups -OCH3 is 1.